The van der Waals surface area contributed by atoms with Crippen molar-refractivity contribution in [1.82, 2.24) is 10.3 Å². The zero-order valence-corrected chi connectivity index (χ0v) is 15.5. The predicted molar refractivity (Wildman–Crippen MR) is 99.0 cm³/mol. The van der Waals surface area contributed by atoms with Crippen molar-refractivity contribution in [2.75, 3.05) is 26.8 Å². The Bertz CT molecular complexity index is 702. The molecule has 1 aliphatic heterocycles. The van der Waals surface area contributed by atoms with Crippen molar-refractivity contribution in [3.8, 4) is 17.4 Å². The summed E-state index contributed by atoms with van der Waals surface area (Å²) in [5.41, 5.74) is 0.761. The van der Waals surface area contributed by atoms with E-state index < -0.39 is 0 Å². The molecule has 0 unspecified atom stereocenters. The second-order valence-corrected chi connectivity index (χ2v) is 6.37. The fraction of sp³-hybridized carbons (Fsp3) is 0.450. The van der Waals surface area contributed by atoms with Crippen LogP contribution in [0.15, 0.2) is 42.5 Å². The monoisotopic (exact) mass is 358 g/mol. The Kier molecular flexibility index (Phi) is 6.30. The van der Waals surface area contributed by atoms with Crippen molar-refractivity contribution in [3.05, 3.63) is 48.2 Å². The van der Waals surface area contributed by atoms with E-state index in [9.17, 15) is 0 Å². The van der Waals surface area contributed by atoms with Gasteiger partial charge in [-0.05, 0) is 32.0 Å². The first-order valence-corrected chi connectivity index (χ1v) is 8.93. The van der Waals surface area contributed by atoms with E-state index in [1.54, 1.807) is 7.11 Å². The van der Waals surface area contributed by atoms with Crippen molar-refractivity contribution in [1.29, 1.82) is 0 Å². The molecule has 3 rings (SSSR count). The lowest BCUT2D eigenvalue weighted by Crippen LogP contribution is -2.43. The van der Waals surface area contributed by atoms with Gasteiger partial charge in [0, 0.05) is 19.2 Å². The Morgan fingerprint density at radius 1 is 1.08 bits per heavy atom. The van der Waals surface area contributed by atoms with Crippen molar-refractivity contribution < 1.29 is 18.9 Å². The third kappa shape index (κ3) is 4.65. The topological polar surface area (TPSA) is 61.8 Å². The van der Waals surface area contributed by atoms with Crippen LogP contribution in [0.5, 0.6) is 17.4 Å². The predicted octanol–water partition coefficient (Wildman–Crippen LogP) is 2.99. The van der Waals surface area contributed by atoms with E-state index in [0.717, 1.165) is 12.2 Å². The van der Waals surface area contributed by atoms with Gasteiger partial charge in [-0.25, -0.2) is 4.98 Å². The molecule has 1 aromatic heterocycles. The molecule has 0 spiro atoms. The Labute approximate surface area is 154 Å². The number of nitrogens with zero attached hydrogens (tertiary/aromatic N) is 1. The van der Waals surface area contributed by atoms with Crippen LogP contribution in [-0.4, -0.2) is 44.0 Å². The van der Waals surface area contributed by atoms with Crippen molar-refractivity contribution in [2.45, 2.75) is 32.2 Å². The molecule has 1 saturated heterocycles. The van der Waals surface area contributed by atoms with E-state index in [1.807, 2.05) is 56.3 Å². The zero-order chi connectivity index (χ0) is 18.4. The lowest BCUT2D eigenvalue weighted by atomic mass is 10.1. The van der Waals surface area contributed by atoms with Gasteiger partial charge in [-0.2, -0.15) is 0 Å². The van der Waals surface area contributed by atoms with Crippen LogP contribution >= 0.6 is 0 Å². The number of morpholine rings is 1. The van der Waals surface area contributed by atoms with Gasteiger partial charge in [-0.3, -0.25) is 0 Å². The number of aromatic nitrogens is 1. The summed E-state index contributed by atoms with van der Waals surface area (Å²) in [6.07, 6.45) is -0.481. The van der Waals surface area contributed by atoms with Crippen molar-refractivity contribution in [3.63, 3.8) is 0 Å². The van der Waals surface area contributed by atoms with E-state index >= 15 is 0 Å². The summed E-state index contributed by atoms with van der Waals surface area (Å²) in [6, 6.07) is 13.3. The molecule has 0 saturated carbocycles. The summed E-state index contributed by atoms with van der Waals surface area (Å²) in [4.78, 5) is 4.56. The molecule has 6 heteroatoms. The van der Waals surface area contributed by atoms with Gasteiger partial charge in [0.25, 0.3) is 0 Å². The molecule has 0 amide bonds. The Morgan fingerprint density at radius 2 is 1.85 bits per heavy atom. The number of para-hydroxylation sites is 2. The standard InChI is InChI=1S/C20H26N2O4/c1-14(2)25-16-8-4-5-9-17(16)26-20(18-13-21-11-12-24-18)15-7-6-10-19(22-15)23-3/h4-10,14,18,20-21H,11-13H2,1-3H3/t18-,20-/m0/s1. The maximum absolute atomic E-state index is 6.36. The van der Waals surface area contributed by atoms with Crippen LogP contribution in [0, 0.1) is 0 Å². The number of pyridine rings is 1. The minimum absolute atomic E-state index is 0.0562. The lowest BCUT2D eigenvalue weighted by Gasteiger charge is -2.31. The third-order valence-electron chi connectivity index (χ3n) is 4.01. The second kappa shape index (κ2) is 8.87. The van der Waals surface area contributed by atoms with Gasteiger partial charge in [0.15, 0.2) is 17.6 Å². The van der Waals surface area contributed by atoms with E-state index in [-0.39, 0.29) is 18.3 Å². The molecule has 26 heavy (non-hydrogen) atoms. The number of benzene rings is 1. The van der Waals surface area contributed by atoms with Gasteiger partial charge < -0.3 is 24.3 Å². The number of nitrogens with one attached hydrogen (secondary N) is 1. The Hall–Kier alpha value is -2.31. The largest absolute Gasteiger partial charge is 0.487 e. The molecule has 0 radical (unpaired) electrons. The molecule has 1 fully saturated rings. The van der Waals surface area contributed by atoms with Gasteiger partial charge in [0.1, 0.15) is 6.10 Å². The molecule has 1 aromatic carbocycles. The molecular formula is C20H26N2O4. The molecule has 2 heterocycles. The maximum Gasteiger partial charge on any atom is 0.213 e. The highest BCUT2D eigenvalue weighted by Gasteiger charge is 2.30. The summed E-state index contributed by atoms with van der Waals surface area (Å²) < 4.78 is 23.5. The Balaban J connectivity index is 1.91. The second-order valence-electron chi connectivity index (χ2n) is 6.37. The van der Waals surface area contributed by atoms with Crippen LogP contribution in [0.3, 0.4) is 0 Å². The highest BCUT2D eigenvalue weighted by atomic mass is 16.6. The van der Waals surface area contributed by atoms with E-state index in [4.69, 9.17) is 18.9 Å². The quantitative estimate of drug-likeness (QED) is 0.821. The normalized spacial score (nSPS) is 18.4. The van der Waals surface area contributed by atoms with Gasteiger partial charge in [0.05, 0.1) is 25.5 Å². The summed E-state index contributed by atoms with van der Waals surface area (Å²) in [5, 5.41) is 3.35. The first kappa shape index (κ1) is 18.5. The zero-order valence-electron chi connectivity index (χ0n) is 15.5. The first-order valence-electron chi connectivity index (χ1n) is 8.93. The number of hydrogen-bond donors (Lipinski definition) is 1. The molecular weight excluding hydrogens is 332 g/mol. The lowest BCUT2D eigenvalue weighted by molar-refractivity contribution is -0.0456. The molecule has 2 atom stereocenters. The van der Waals surface area contributed by atoms with Crippen LogP contribution in [0.1, 0.15) is 25.6 Å². The number of rotatable bonds is 7. The van der Waals surface area contributed by atoms with Gasteiger partial charge in [-0.1, -0.05) is 18.2 Å². The van der Waals surface area contributed by atoms with E-state index in [0.29, 0.717) is 30.5 Å². The molecule has 0 bridgehead atoms. The van der Waals surface area contributed by atoms with E-state index in [2.05, 4.69) is 10.3 Å². The van der Waals surface area contributed by atoms with Crippen LogP contribution in [0.2, 0.25) is 0 Å². The van der Waals surface area contributed by atoms with Gasteiger partial charge in [-0.15, -0.1) is 0 Å². The number of ether oxygens (including phenoxy) is 4. The highest BCUT2D eigenvalue weighted by molar-refractivity contribution is 5.40. The fourth-order valence-electron chi connectivity index (χ4n) is 2.85. The molecule has 6 nitrogen and oxygen atoms in total. The van der Waals surface area contributed by atoms with Crippen LogP contribution in [-0.2, 0) is 4.74 Å². The molecule has 1 N–H and O–H groups in total. The van der Waals surface area contributed by atoms with Crippen molar-refractivity contribution in [2.24, 2.45) is 0 Å². The minimum atomic E-state index is -0.380. The van der Waals surface area contributed by atoms with Crippen molar-refractivity contribution >= 4 is 0 Å². The summed E-state index contributed by atoms with van der Waals surface area (Å²) in [7, 11) is 1.60. The highest BCUT2D eigenvalue weighted by Crippen LogP contribution is 2.34. The minimum Gasteiger partial charge on any atom is -0.487 e. The smallest absolute Gasteiger partial charge is 0.213 e. The Morgan fingerprint density at radius 3 is 2.50 bits per heavy atom. The molecule has 0 aliphatic carbocycles. The van der Waals surface area contributed by atoms with Gasteiger partial charge in [0.2, 0.25) is 5.88 Å². The molecule has 1 aliphatic rings. The maximum atomic E-state index is 6.36. The van der Waals surface area contributed by atoms with Crippen LogP contribution < -0.4 is 19.5 Å². The average molecular weight is 358 g/mol. The average Bonchev–Trinajstić information content (AvgIpc) is 2.67. The molecule has 140 valence electrons. The number of hydrogen-bond acceptors (Lipinski definition) is 6. The first-order chi connectivity index (χ1) is 12.7. The fourth-order valence-corrected chi connectivity index (χ4v) is 2.85. The molecule has 2 aromatic rings. The summed E-state index contributed by atoms with van der Waals surface area (Å²) >= 11 is 0. The van der Waals surface area contributed by atoms with Crippen LogP contribution in [0.25, 0.3) is 0 Å². The summed E-state index contributed by atoms with van der Waals surface area (Å²) in [6.45, 7) is 6.15. The number of methoxy groups -OCH3 is 1. The third-order valence-corrected chi connectivity index (χ3v) is 4.01. The van der Waals surface area contributed by atoms with Gasteiger partial charge >= 0.3 is 0 Å². The SMILES string of the molecule is COc1cccc([C@H](Oc2ccccc2OC(C)C)[C@@H]2CNCCO2)n1. The van der Waals surface area contributed by atoms with Crippen LogP contribution in [0.4, 0.5) is 0 Å². The van der Waals surface area contributed by atoms with E-state index in [1.165, 1.54) is 0 Å². The summed E-state index contributed by atoms with van der Waals surface area (Å²) in [5.74, 6) is 1.93.